The highest BCUT2D eigenvalue weighted by atomic mass is 16.5. The number of methoxy groups -OCH3 is 3. The second-order valence-corrected chi connectivity index (χ2v) is 9.68. The third-order valence-corrected chi connectivity index (χ3v) is 7.21. The average molecular weight is 517 g/mol. The number of fused-ring (bicyclic) bond motifs is 1. The molecular formula is C29H36N6O3. The fourth-order valence-electron chi connectivity index (χ4n) is 5.04. The molecule has 1 fully saturated rings. The fourth-order valence-corrected chi connectivity index (χ4v) is 5.04. The minimum Gasteiger partial charge on any atom is -0.497 e. The quantitative estimate of drug-likeness (QED) is 0.301. The van der Waals surface area contributed by atoms with E-state index < -0.39 is 0 Å². The standard InChI is InChI=1S/C29H36N6O3/c1-33-20-21(18-31-33)29-19-30-27-7-6-22(16-28(27)32-29)35(23-14-25(37-3)17-26(15-23)38-4)11-5-10-34-12-8-24(36-2)9-13-34/h6-7,14-20,24H,5,8-13H2,1-4H3. The number of ether oxygens (including phenoxy) is 3. The van der Waals surface area contributed by atoms with E-state index >= 15 is 0 Å². The van der Waals surface area contributed by atoms with Crippen LogP contribution in [-0.4, -0.2) is 78.3 Å². The van der Waals surface area contributed by atoms with Gasteiger partial charge in [-0.3, -0.25) is 9.67 Å². The maximum absolute atomic E-state index is 5.58. The molecule has 1 aliphatic rings. The van der Waals surface area contributed by atoms with Crippen LogP contribution >= 0.6 is 0 Å². The number of rotatable bonds is 10. The summed E-state index contributed by atoms with van der Waals surface area (Å²) in [6, 6.07) is 12.2. The van der Waals surface area contributed by atoms with E-state index in [4.69, 9.17) is 19.2 Å². The molecule has 2 aromatic heterocycles. The van der Waals surface area contributed by atoms with Crippen molar-refractivity contribution in [1.29, 1.82) is 0 Å². The van der Waals surface area contributed by atoms with Crippen LogP contribution in [0.4, 0.5) is 11.4 Å². The Morgan fingerprint density at radius 1 is 0.921 bits per heavy atom. The summed E-state index contributed by atoms with van der Waals surface area (Å²) >= 11 is 0. The van der Waals surface area contributed by atoms with Crippen LogP contribution in [-0.2, 0) is 11.8 Å². The second kappa shape index (κ2) is 11.8. The van der Waals surface area contributed by atoms with Crippen molar-refractivity contribution in [2.24, 2.45) is 7.05 Å². The number of aromatic nitrogens is 4. The van der Waals surface area contributed by atoms with Gasteiger partial charge in [-0.2, -0.15) is 5.10 Å². The van der Waals surface area contributed by atoms with E-state index in [2.05, 4.69) is 44.1 Å². The summed E-state index contributed by atoms with van der Waals surface area (Å²) in [6.07, 6.45) is 9.15. The maximum atomic E-state index is 5.58. The van der Waals surface area contributed by atoms with Gasteiger partial charge in [0.1, 0.15) is 11.5 Å². The summed E-state index contributed by atoms with van der Waals surface area (Å²) in [7, 11) is 7.07. The molecule has 0 atom stereocenters. The molecule has 200 valence electrons. The largest absolute Gasteiger partial charge is 0.497 e. The molecule has 1 aliphatic heterocycles. The normalized spacial score (nSPS) is 14.6. The number of anilines is 2. The molecule has 9 heteroatoms. The Kier molecular flexibility index (Phi) is 8.05. The van der Waals surface area contributed by atoms with Crippen molar-refractivity contribution in [3.05, 3.63) is 55.0 Å². The van der Waals surface area contributed by atoms with Gasteiger partial charge in [-0.25, -0.2) is 4.98 Å². The zero-order valence-corrected chi connectivity index (χ0v) is 22.6. The Balaban J connectivity index is 1.44. The van der Waals surface area contributed by atoms with Crippen LogP contribution in [0.2, 0.25) is 0 Å². The van der Waals surface area contributed by atoms with Crippen molar-refractivity contribution in [3.63, 3.8) is 0 Å². The molecule has 1 saturated heterocycles. The van der Waals surface area contributed by atoms with Gasteiger partial charge in [0.15, 0.2) is 0 Å². The first-order valence-electron chi connectivity index (χ1n) is 13.1. The first-order valence-corrected chi connectivity index (χ1v) is 13.1. The Morgan fingerprint density at radius 3 is 2.34 bits per heavy atom. The van der Waals surface area contributed by atoms with E-state index in [-0.39, 0.29) is 0 Å². The van der Waals surface area contributed by atoms with E-state index in [1.807, 2.05) is 38.7 Å². The Morgan fingerprint density at radius 2 is 1.68 bits per heavy atom. The van der Waals surface area contributed by atoms with E-state index in [0.717, 1.165) is 90.6 Å². The monoisotopic (exact) mass is 516 g/mol. The molecule has 0 amide bonds. The van der Waals surface area contributed by atoms with Crippen LogP contribution in [0.3, 0.4) is 0 Å². The molecule has 3 heterocycles. The van der Waals surface area contributed by atoms with Gasteiger partial charge in [-0.15, -0.1) is 0 Å². The summed E-state index contributed by atoms with van der Waals surface area (Å²) in [4.78, 5) is 14.4. The van der Waals surface area contributed by atoms with Crippen LogP contribution in [0.5, 0.6) is 11.5 Å². The molecule has 4 aromatic rings. The Bertz CT molecular complexity index is 1340. The first kappa shape index (κ1) is 25.9. The van der Waals surface area contributed by atoms with E-state index in [0.29, 0.717) is 6.10 Å². The molecule has 0 spiro atoms. The fraction of sp³-hybridized carbons (Fsp3) is 0.414. The predicted octanol–water partition coefficient (Wildman–Crippen LogP) is 4.69. The van der Waals surface area contributed by atoms with Crippen molar-refractivity contribution >= 4 is 22.4 Å². The number of benzene rings is 2. The number of hydrogen-bond acceptors (Lipinski definition) is 8. The molecule has 38 heavy (non-hydrogen) atoms. The minimum absolute atomic E-state index is 0.391. The summed E-state index contributed by atoms with van der Waals surface area (Å²) in [5.74, 6) is 1.51. The molecule has 0 radical (unpaired) electrons. The lowest BCUT2D eigenvalue weighted by Crippen LogP contribution is -2.38. The zero-order valence-electron chi connectivity index (χ0n) is 22.6. The third-order valence-electron chi connectivity index (χ3n) is 7.21. The predicted molar refractivity (Wildman–Crippen MR) is 149 cm³/mol. The van der Waals surface area contributed by atoms with Gasteiger partial charge in [0, 0.05) is 75.1 Å². The van der Waals surface area contributed by atoms with Crippen LogP contribution in [0, 0.1) is 0 Å². The summed E-state index contributed by atoms with van der Waals surface area (Å²) in [5.41, 5.74) is 5.49. The lowest BCUT2D eigenvalue weighted by molar-refractivity contribution is 0.0410. The number of nitrogens with zero attached hydrogens (tertiary/aromatic N) is 6. The van der Waals surface area contributed by atoms with Crippen LogP contribution in [0.25, 0.3) is 22.3 Å². The Hall–Kier alpha value is -3.69. The molecule has 5 rings (SSSR count). The zero-order chi connectivity index (χ0) is 26.5. The van der Waals surface area contributed by atoms with Gasteiger partial charge in [0.2, 0.25) is 0 Å². The van der Waals surface area contributed by atoms with Crippen LogP contribution in [0.15, 0.2) is 55.0 Å². The van der Waals surface area contributed by atoms with Gasteiger partial charge in [-0.1, -0.05) is 0 Å². The highest BCUT2D eigenvalue weighted by Gasteiger charge is 2.19. The van der Waals surface area contributed by atoms with Crippen molar-refractivity contribution in [3.8, 4) is 22.8 Å². The van der Waals surface area contributed by atoms with Gasteiger partial charge < -0.3 is 24.0 Å². The van der Waals surface area contributed by atoms with Crippen molar-refractivity contribution in [1.82, 2.24) is 24.6 Å². The number of piperidine rings is 1. The van der Waals surface area contributed by atoms with Crippen LogP contribution in [0.1, 0.15) is 19.3 Å². The highest BCUT2D eigenvalue weighted by Crippen LogP contribution is 2.34. The topological polar surface area (TPSA) is 77.8 Å². The summed E-state index contributed by atoms with van der Waals surface area (Å²) in [6.45, 7) is 4.02. The van der Waals surface area contributed by atoms with Crippen molar-refractivity contribution in [2.45, 2.75) is 25.4 Å². The molecule has 0 N–H and O–H groups in total. The van der Waals surface area contributed by atoms with Crippen LogP contribution < -0.4 is 14.4 Å². The van der Waals surface area contributed by atoms with Gasteiger partial charge in [0.25, 0.3) is 0 Å². The molecule has 0 bridgehead atoms. The molecular weight excluding hydrogens is 480 g/mol. The minimum atomic E-state index is 0.391. The Labute approximate surface area is 224 Å². The number of hydrogen-bond donors (Lipinski definition) is 0. The summed E-state index contributed by atoms with van der Waals surface area (Å²) in [5, 5.41) is 4.28. The van der Waals surface area contributed by atoms with Gasteiger partial charge in [0.05, 0.1) is 49.4 Å². The van der Waals surface area contributed by atoms with Crippen molar-refractivity contribution in [2.75, 3.05) is 52.4 Å². The molecule has 0 aliphatic carbocycles. The van der Waals surface area contributed by atoms with Gasteiger partial charge >= 0.3 is 0 Å². The summed E-state index contributed by atoms with van der Waals surface area (Å²) < 4.78 is 18.5. The van der Waals surface area contributed by atoms with E-state index in [1.54, 1.807) is 25.1 Å². The van der Waals surface area contributed by atoms with Crippen molar-refractivity contribution < 1.29 is 14.2 Å². The average Bonchev–Trinajstić information content (AvgIpc) is 3.41. The SMILES string of the molecule is COc1cc(OC)cc(N(CCCN2CCC(OC)CC2)c2ccc3ncc(-c4cnn(C)c4)nc3c2)c1. The maximum Gasteiger partial charge on any atom is 0.124 e. The molecule has 2 aromatic carbocycles. The first-order chi connectivity index (χ1) is 18.6. The van der Waals surface area contributed by atoms with Gasteiger partial charge in [-0.05, 0) is 44.0 Å². The lowest BCUT2D eigenvalue weighted by Gasteiger charge is -2.32. The highest BCUT2D eigenvalue weighted by molar-refractivity contribution is 5.82. The van der Waals surface area contributed by atoms with E-state index in [1.165, 1.54) is 0 Å². The lowest BCUT2D eigenvalue weighted by atomic mass is 10.1. The molecule has 0 unspecified atom stereocenters. The smallest absolute Gasteiger partial charge is 0.124 e. The molecule has 9 nitrogen and oxygen atoms in total. The second-order valence-electron chi connectivity index (χ2n) is 9.68. The third kappa shape index (κ3) is 5.89. The van der Waals surface area contributed by atoms with E-state index in [9.17, 15) is 0 Å². The number of aryl methyl sites for hydroxylation is 1. The molecule has 0 saturated carbocycles. The number of likely N-dealkylation sites (tertiary alicyclic amines) is 1.